The number of piperidine rings is 2. The second-order valence-corrected chi connectivity index (χ2v) is 9.28. The van der Waals surface area contributed by atoms with Crippen LogP contribution in [-0.2, 0) is 11.3 Å². The van der Waals surface area contributed by atoms with Crippen molar-refractivity contribution in [2.75, 3.05) is 32.8 Å². The van der Waals surface area contributed by atoms with E-state index in [1.165, 1.54) is 18.4 Å². The van der Waals surface area contributed by atoms with Crippen LogP contribution in [0.25, 0.3) is 0 Å². The maximum Gasteiger partial charge on any atom is 0.490 e. The number of carboxylic acid groups (broad SMARTS) is 1. The molecule has 0 atom stereocenters. The van der Waals surface area contributed by atoms with Crippen LogP contribution in [0.15, 0.2) is 54.6 Å². The number of amides is 1. The normalized spacial score (nSPS) is 17.7. The Morgan fingerprint density at radius 2 is 1.44 bits per heavy atom. The molecule has 2 aliphatic heterocycles. The molecule has 196 valence electrons. The first-order chi connectivity index (χ1) is 17.1. The van der Waals surface area contributed by atoms with E-state index in [4.69, 9.17) is 14.6 Å². The Kier molecular flexibility index (Phi) is 9.37. The summed E-state index contributed by atoms with van der Waals surface area (Å²) in [4.78, 5) is 26.2. The smallest absolute Gasteiger partial charge is 0.490 e. The minimum Gasteiger partial charge on any atom is -0.494 e. The van der Waals surface area contributed by atoms with Crippen molar-refractivity contribution < 1.29 is 32.6 Å². The minimum absolute atomic E-state index is 0.186. The van der Waals surface area contributed by atoms with Gasteiger partial charge in [0.2, 0.25) is 0 Å². The van der Waals surface area contributed by atoms with Gasteiger partial charge in [0.25, 0.3) is 5.91 Å². The highest BCUT2D eigenvalue weighted by molar-refractivity contribution is 5.94. The molecule has 0 saturated carbocycles. The Morgan fingerprint density at radius 3 is 2.00 bits per heavy atom. The summed E-state index contributed by atoms with van der Waals surface area (Å²) in [6.45, 7) is 7.75. The summed E-state index contributed by atoms with van der Waals surface area (Å²) in [7, 11) is 0. The molecule has 1 amide bonds. The molecule has 0 aliphatic carbocycles. The maximum atomic E-state index is 12.7. The van der Waals surface area contributed by atoms with E-state index >= 15 is 0 Å². The maximum absolute atomic E-state index is 12.7. The van der Waals surface area contributed by atoms with Gasteiger partial charge in [-0.2, -0.15) is 13.2 Å². The highest BCUT2D eigenvalue weighted by atomic mass is 19.4. The van der Waals surface area contributed by atoms with Crippen molar-refractivity contribution in [3.63, 3.8) is 0 Å². The summed E-state index contributed by atoms with van der Waals surface area (Å²) in [5.74, 6) is -1.55. The second kappa shape index (κ2) is 12.3. The van der Waals surface area contributed by atoms with Crippen molar-refractivity contribution in [1.29, 1.82) is 0 Å². The fourth-order valence-corrected chi connectivity index (χ4v) is 4.80. The topological polar surface area (TPSA) is 70.1 Å². The van der Waals surface area contributed by atoms with Crippen molar-refractivity contribution in [2.45, 2.75) is 45.3 Å². The molecule has 2 aromatic rings. The van der Waals surface area contributed by atoms with Crippen LogP contribution in [0, 0.1) is 5.41 Å². The number of nitrogens with zero attached hydrogens (tertiary/aromatic N) is 2. The van der Waals surface area contributed by atoms with Crippen molar-refractivity contribution in [2.24, 2.45) is 5.41 Å². The van der Waals surface area contributed by atoms with Gasteiger partial charge in [0.05, 0.1) is 6.61 Å². The number of carbonyl (C=O) groups is 2. The van der Waals surface area contributed by atoms with Crippen LogP contribution < -0.4 is 4.74 Å². The van der Waals surface area contributed by atoms with Gasteiger partial charge in [-0.15, -0.1) is 0 Å². The van der Waals surface area contributed by atoms with E-state index in [2.05, 4.69) is 23.1 Å². The molecule has 1 N–H and O–H groups in total. The second-order valence-electron chi connectivity index (χ2n) is 9.28. The summed E-state index contributed by atoms with van der Waals surface area (Å²) >= 11 is 0. The van der Waals surface area contributed by atoms with Crippen molar-refractivity contribution >= 4 is 11.9 Å². The largest absolute Gasteiger partial charge is 0.494 e. The zero-order chi connectivity index (χ0) is 26.2. The third-order valence-electron chi connectivity index (χ3n) is 6.96. The first-order valence-electron chi connectivity index (χ1n) is 12.2. The van der Waals surface area contributed by atoms with Crippen molar-refractivity contribution in [1.82, 2.24) is 9.80 Å². The van der Waals surface area contributed by atoms with E-state index in [1.807, 2.05) is 48.2 Å². The summed E-state index contributed by atoms with van der Waals surface area (Å²) in [6.07, 6.45) is -0.349. The molecule has 6 nitrogen and oxygen atoms in total. The van der Waals surface area contributed by atoms with Crippen LogP contribution in [0.5, 0.6) is 5.75 Å². The Bertz CT molecular complexity index is 996. The van der Waals surface area contributed by atoms with Crippen LogP contribution >= 0.6 is 0 Å². The average molecular weight is 507 g/mol. The average Bonchev–Trinajstić information content (AvgIpc) is 2.87. The molecule has 2 aliphatic rings. The monoisotopic (exact) mass is 506 g/mol. The predicted molar refractivity (Wildman–Crippen MR) is 130 cm³/mol. The molecule has 4 rings (SSSR count). The van der Waals surface area contributed by atoms with E-state index in [-0.39, 0.29) is 5.91 Å². The predicted octanol–water partition coefficient (Wildman–Crippen LogP) is 5.24. The van der Waals surface area contributed by atoms with Gasteiger partial charge < -0.3 is 14.7 Å². The molecular weight excluding hydrogens is 473 g/mol. The minimum atomic E-state index is -5.08. The molecule has 0 radical (unpaired) electrons. The van der Waals surface area contributed by atoms with Gasteiger partial charge in [-0.3, -0.25) is 9.69 Å². The first-order valence-corrected chi connectivity index (χ1v) is 12.2. The SMILES string of the molecule is CCOc1ccccc1CN1CCC2(CC1)CCN(C(=O)c1ccccc1)CC2.O=C(O)C(F)(F)F. The van der Waals surface area contributed by atoms with E-state index < -0.39 is 12.1 Å². The molecule has 36 heavy (non-hydrogen) atoms. The molecule has 1 spiro atoms. The Morgan fingerprint density at radius 1 is 0.917 bits per heavy atom. The summed E-state index contributed by atoms with van der Waals surface area (Å²) < 4.78 is 37.5. The third-order valence-corrected chi connectivity index (χ3v) is 6.96. The summed E-state index contributed by atoms with van der Waals surface area (Å²) in [5.41, 5.74) is 2.52. The number of carbonyl (C=O) groups excluding carboxylic acids is 1. The van der Waals surface area contributed by atoms with Gasteiger partial charge in [0.15, 0.2) is 0 Å². The van der Waals surface area contributed by atoms with Gasteiger partial charge in [-0.25, -0.2) is 4.79 Å². The quantitative estimate of drug-likeness (QED) is 0.601. The van der Waals surface area contributed by atoms with Gasteiger partial charge in [-0.1, -0.05) is 36.4 Å². The number of alkyl halides is 3. The number of halogens is 3. The van der Waals surface area contributed by atoms with E-state index in [0.29, 0.717) is 12.0 Å². The number of aliphatic carboxylic acids is 1. The van der Waals surface area contributed by atoms with Gasteiger partial charge in [0, 0.05) is 30.8 Å². The lowest BCUT2D eigenvalue weighted by Crippen LogP contribution is -2.48. The molecule has 0 bridgehead atoms. The van der Waals surface area contributed by atoms with Crippen LogP contribution in [0.3, 0.4) is 0 Å². The number of likely N-dealkylation sites (tertiary alicyclic amines) is 2. The molecule has 2 saturated heterocycles. The number of ether oxygens (including phenoxy) is 1. The molecule has 2 aromatic carbocycles. The molecule has 0 aromatic heterocycles. The number of benzene rings is 2. The Labute approximate surface area is 209 Å². The van der Waals surface area contributed by atoms with Gasteiger partial charge in [-0.05, 0) is 69.3 Å². The summed E-state index contributed by atoms with van der Waals surface area (Å²) in [5, 5.41) is 7.12. The first kappa shape index (κ1) is 27.5. The molecule has 2 heterocycles. The van der Waals surface area contributed by atoms with E-state index in [0.717, 1.165) is 56.9 Å². The van der Waals surface area contributed by atoms with Crippen LogP contribution in [-0.4, -0.2) is 65.7 Å². The number of rotatable bonds is 5. The summed E-state index contributed by atoms with van der Waals surface area (Å²) in [6, 6.07) is 18.1. The van der Waals surface area contributed by atoms with E-state index in [9.17, 15) is 18.0 Å². The zero-order valence-electron chi connectivity index (χ0n) is 20.5. The van der Waals surface area contributed by atoms with Gasteiger partial charge >= 0.3 is 12.1 Å². The van der Waals surface area contributed by atoms with Crippen LogP contribution in [0.1, 0.15) is 48.5 Å². The van der Waals surface area contributed by atoms with E-state index in [1.54, 1.807) is 0 Å². The van der Waals surface area contributed by atoms with Crippen molar-refractivity contribution in [3.8, 4) is 5.75 Å². The van der Waals surface area contributed by atoms with Crippen molar-refractivity contribution in [3.05, 3.63) is 65.7 Å². The molecule has 0 unspecified atom stereocenters. The lowest BCUT2D eigenvalue weighted by atomic mass is 9.71. The standard InChI is InChI=1S/C25H32N2O2.C2HF3O2/c1-2-29-23-11-7-6-10-22(23)20-26-16-12-25(13-17-26)14-18-27(19-15-25)24(28)21-8-4-3-5-9-21;3-2(4,5)1(6)7/h3-11H,2,12-20H2,1H3;(H,6,7). The van der Waals surface area contributed by atoms with Crippen LogP contribution in [0.4, 0.5) is 13.2 Å². The number of para-hydroxylation sites is 1. The fraction of sp³-hybridized carbons (Fsp3) is 0.481. The Hall–Kier alpha value is -3.07. The molecular formula is C27H33F3N2O4. The lowest BCUT2D eigenvalue weighted by molar-refractivity contribution is -0.192. The van der Waals surface area contributed by atoms with Gasteiger partial charge in [0.1, 0.15) is 5.75 Å². The number of carboxylic acids is 1. The third kappa shape index (κ3) is 7.46. The Balaban J connectivity index is 0.000000454. The number of hydrogen-bond donors (Lipinski definition) is 1. The zero-order valence-corrected chi connectivity index (χ0v) is 20.5. The highest BCUT2D eigenvalue weighted by Crippen LogP contribution is 2.42. The highest BCUT2D eigenvalue weighted by Gasteiger charge is 2.39. The van der Waals surface area contributed by atoms with Crippen LogP contribution in [0.2, 0.25) is 0 Å². The molecule has 2 fully saturated rings. The molecule has 9 heteroatoms. The lowest BCUT2D eigenvalue weighted by Gasteiger charge is -2.47. The fourth-order valence-electron chi connectivity index (χ4n) is 4.80. The number of hydrogen-bond acceptors (Lipinski definition) is 4.